The van der Waals surface area contributed by atoms with Crippen molar-refractivity contribution in [2.45, 2.75) is 38.6 Å². The van der Waals surface area contributed by atoms with Crippen LogP contribution in [0.25, 0.3) is 0 Å². The summed E-state index contributed by atoms with van der Waals surface area (Å²) in [6.45, 7) is 0.971. The summed E-state index contributed by atoms with van der Waals surface area (Å²) in [7, 11) is 0. The smallest absolute Gasteiger partial charge is 0.223 e. The van der Waals surface area contributed by atoms with Crippen LogP contribution < -0.4 is 10.6 Å². The minimum Gasteiger partial charge on any atom is -0.356 e. The number of pyridine rings is 1. The Morgan fingerprint density at radius 2 is 1.57 bits per heavy atom. The van der Waals surface area contributed by atoms with Gasteiger partial charge in [-0.2, -0.15) is 0 Å². The molecule has 1 saturated carbocycles. The van der Waals surface area contributed by atoms with Crippen LogP contribution in [0.2, 0.25) is 0 Å². The summed E-state index contributed by atoms with van der Waals surface area (Å²) >= 11 is 0. The van der Waals surface area contributed by atoms with Crippen molar-refractivity contribution in [1.29, 1.82) is 0 Å². The monoisotopic (exact) mass is 383 g/mol. The van der Waals surface area contributed by atoms with Crippen LogP contribution in [-0.4, -0.2) is 23.3 Å². The molecular formula is C22H26FN3O2. The minimum absolute atomic E-state index is 0.0342. The molecule has 0 saturated heterocycles. The maximum absolute atomic E-state index is 12.9. The lowest BCUT2D eigenvalue weighted by Crippen LogP contribution is -2.38. The highest BCUT2D eigenvalue weighted by Crippen LogP contribution is 2.29. The maximum atomic E-state index is 12.9. The molecule has 1 fully saturated rings. The highest BCUT2D eigenvalue weighted by atomic mass is 19.1. The van der Waals surface area contributed by atoms with E-state index in [2.05, 4.69) is 15.6 Å². The molecule has 1 aromatic carbocycles. The van der Waals surface area contributed by atoms with Crippen LogP contribution in [0.3, 0.4) is 0 Å². The van der Waals surface area contributed by atoms with Crippen molar-refractivity contribution in [1.82, 2.24) is 15.6 Å². The van der Waals surface area contributed by atoms with Gasteiger partial charge in [0, 0.05) is 24.6 Å². The first-order chi connectivity index (χ1) is 13.6. The van der Waals surface area contributed by atoms with Crippen molar-refractivity contribution in [2.24, 2.45) is 11.8 Å². The van der Waals surface area contributed by atoms with E-state index in [9.17, 15) is 14.0 Å². The first kappa shape index (κ1) is 20.0. The third-order valence-electron chi connectivity index (χ3n) is 5.26. The Morgan fingerprint density at radius 3 is 2.18 bits per heavy atom. The normalized spacial score (nSPS) is 19.0. The molecule has 5 nitrogen and oxygen atoms in total. The zero-order valence-electron chi connectivity index (χ0n) is 15.9. The molecule has 2 amide bonds. The van der Waals surface area contributed by atoms with E-state index in [1.54, 1.807) is 18.3 Å². The van der Waals surface area contributed by atoms with E-state index in [1.165, 1.54) is 12.1 Å². The van der Waals surface area contributed by atoms with Crippen molar-refractivity contribution in [3.63, 3.8) is 0 Å². The molecule has 0 spiro atoms. The molecule has 1 aliphatic rings. The van der Waals surface area contributed by atoms with Gasteiger partial charge in [-0.15, -0.1) is 0 Å². The Hall–Kier alpha value is -2.76. The van der Waals surface area contributed by atoms with Gasteiger partial charge in [0.1, 0.15) is 5.82 Å². The van der Waals surface area contributed by atoms with Gasteiger partial charge >= 0.3 is 0 Å². The molecule has 3 rings (SSSR count). The zero-order valence-corrected chi connectivity index (χ0v) is 15.9. The Morgan fingerprint density at radius 1 is 0.929 bits per heavy atom. The first-order valence-corrected chi connectivity index (χ1v) is 9.81. The lowest BCUT2D eigenvalue weighted by atomic mass is 9.81. The van der Waals surface area contributed by atoms with Gasteiger partial charge in [-0.3, -0.25) is 14.6 Å². The fourth-order valence-electron chi connectivity index (χ4n) is 3.57. The molecule has 1 aromatic heterocycles. The van der Waals surface area contributed by atoms with Gasteiger partial charge in [0.15, 0.2) is 0 Å². The predicted octanol–water partition coefficient (Wildman–Crippen LogP) is 3.00. The van der Waals surface area contributed by atoms with Gasteiger partial charge in [0.25, 0.3) is 0 Å². The number of nitrogens with one attached hydrogen (secondary N) is 2. The van der Waals surface area contributed by atoms with Crippen molar-refractivity contribution >= 4 is 11.8 Å². The third-order valence-corrected chi connectivity index (χ3v) is 5.26. The summed E-state index contributed by atoms with van der Waals surface area (Å²) in [5.74, 6) is -0.232. The molecule has 0 unspecified atom stereocenters. The summed E-state index contributed by atoms with van der Waals surface area (Å²) in [6, 6.07) is 11.9. The SMILES string of the molecule is O=C(NCCc1ccc(F)cc1)C1CCC(C(=O)NCc2ccccn2)CC1. The quantitative estimate of drug-likeness (QED) is 0.772. The topological polar surface area (TPSA) is 71.1 Å². The summed E-state index contributed by atoms with van der Waals surface area (Å²) in [4.78, 5) is 28.9. The van der Waals surface area contributed by atoms with Crippen LogP contribution >= 0.6 is 0 Å². The van der Waals surface area contributed by atoms with E-state index < -0.39 is 0 Å². The number of carbonyl (C=O) groups excluding carboxylic acids is 2. The number of rotatable bonds is 7. The molecule has 148 valence electrons. The molecule has 2 aromatic rings. The van der Waals surface area contributed by atoms with E-state index >= 15 is 0 Å². The Balaban J connectivity index is 1.35. The molecule has 0 aliphatic heterocycles. The van der Waals surface area contributed by atoms with Crippen LogP contribution in [0.5, 0.6) is 0 Å². The number of hydrogen-bond acceptors (Lipinski definition) is 3. The number of carbonyl (C=O) groups is 2. The van der Waals surface area contributed by atoms with E-state index in [0.29, 0.717) is 19.5 Å². The lowest BCUT2D eigenvalue weighted by Gasteiger charge is -2.27. The van der Waals surface area contributed by atoms with Gasteiger partial charge in [0.05, 0.1) is 12.2 Å². The molecule has 2 N–H and O–H groups in total. The number of amides is 2. The average Bonchev–Trinajstić information content (AvgIpc) is 2.74. The van der Waals surface area contributed by atoms with Gasteiger partial charge in [-0.05, 0) is 61.9 Å². The van der Waals surface area contributed by atoms with Crippen LogP contribution in [-0.2, 0) is 22.6 Å². The molecule has 0 bridgehead atoms. The Bertz CT molecular complexity index is 772. The third kappa shape index (κ3) is 5.87. The number of nitrogens with zero attached hydrogens (tertiary/aromatic N) is 1. The van der Waals surface area contributed by atoms with Gasteiger partial charge in [-0.25, -0.2) is 4.39 Å². The number of halogens is 1. The van der Waals surface area contributed by atoms with Crippen molar-refractivity contribution in [3.05, 3.63) is 65.7 Å². The highest BCUT2D eigenvalue weighted by molar-refractivity contribution is 5.81. The van der Waals surface area contributed by atoms with Crippen LogP contribution in [0.15, 0.2) is 48.7 Å². The van der Waals surface area contributed by atoms with Gasteiger partial charge in [-0.1, -0.05) is 18.2 Å². The first-order valence-electron chi connectivity index (χ1n) is 9.81. The molecule has 6 heteroatoms. The van der Waals surface area contributed by atoms with Crippen LogP contribution in [0.1, 0.15) is 36.9 Å². The second kappa shape index (κ2) is 9.97. The zero-order chi connectivity index (χ0) is 19.8. The number of hydrogen-bond donors (Lipinski definition) is 2. The average molecular weight is 383 g/mol. The van der Waals surface area contributed by atoms with Crippen molar-refractivity contribution < 1.29 is 14.0 Å². The largest absolute Gasteiger partial charge is 0.356 e. The Kier molecular flexibility index (Phi) is 7.12. The molecule has 28 heavy (non-hydrogen) atoms. The minimum atomic E-state index is -0.256. The van der Waals surface area contributed by atoms with Gasteiger partial charge < -0.3 is 10.6 Å². The number of benzene rings is 1. The predicted molar refractivity (Wildman–Crippen MR) is 105 cm³/mol. The van der Waals surface area contributed by atoms with E-state index in [4.69, 9.17) is 0 Å². The maximum Gasteiger partial charge on any atom is 0.223 e. The summed E-state index contributed by atoms with van der Waals surface area (Å²) in [5, 5.41) is 5.91. The highest BCUT2D eigenvalue weighted by Gasteiger charge is 2.29. The van der Waals surface area contributed by atoms with Crippen molar-refractivity contribution in [2.75, 3.05) is 6.54 Å². The van der Waals surface area contributed by atoms with Crippen molar-refractivity contribution in [3.8, 4) is 0 Å². The number of aromatic nitrogens is 1. The summed E-state index contributed by atoms with van der Waals surface area (Å²) < 4.78 is 12.9. The standard InChI is InChI=1S/C22H26FN3O2/c23-19-10-4-16(5-11-19)12-14-25-21(27)17-6-8-18(9-7-17)22(28)26-15-20-3-1-2-13-24-20/h1-5,10-11,13,17-18H,6-9,12,14-15H2,(H,25,27)(H,26,28). The second-order valence-corrected chi connectivity index (χ2v) is 7.25. The molecule has 1 heterocycles. The fourth-order valence-corrected chi connectivity index (χ4v) is 3.57. The van der Waals surface area contributed by atoms with E-state index in [-0.39, 0.29) is 29.5 Å². The second-order valence-electron chi connectivity index (χ2n) is 7.25. The molecule has 0 atom stereocenters. The fraction of sp³-hybridized carbons (Fsp3) is 0.409. The Labute approximate surface area is 164 Å². The molecule has 1 aliphatic carbocycles. The lowest BCUT2D eigenvalue weighted by molar-refractivity contribution is -0.130. The van der Waals surface area contributed by atoms with E-state index in [0.717, 1.165) is 36.9 Å². The molecular weight excluding hydrogens is 357 g/mol. The van der Waals surface area contributed by atoms with E-state index in [1.807, 2.05) is 18.2 Å². The summed E-state index contributed by atoms with van der Waals surface area (Å²) in [6.07, 6.45) is 5.29. The van der Waals surface area contributed by atoms with Crippen LogP contribution in [0, 0.1) is 17.7 Å². The van der Waals surface area contributed by atoms with Crippen LogP contribution in [0.4, 0.5) is 4.39 Å². The van der Waals surface area contributed by atoms with Gasteiger partial charge in [0.2, 0.25) is 11.8 Å². The molecule has 0 radical (unpaired) electrons. The summed E-state index contributed by atoms with van der Waals surface area (Å²) in [5.41, 5.74) is 1.83.